The highest BCUT2D eigenvalue weighted by molar-refractivity contribution is 6.22. The minimum atomic E-state index is -1.92. The van der Waals surface area contributed by atoms with Gasteiger partial charge in [0.1, 0.15) is 5.57 Å². The van der Waals surface area contributed by atoms with Crippen LogP contribution in [0.25, 0.3) is 0 Å². The lowest BCUT2D eigenvalue weighted by molar-refractivity contribution is -0.137. The van der Waals surface area contributed by atoms with E-state index >= 15 is 0 Å². The minimum Gasteiger partial charge on any atom is -0.462 e. The zero-order valence-electron chi connectivity index (χ0n) is 7.96. The van der Waals surface area contributed by atoms with Crippen LogP contribution in [0.4, 0.5) is 4.39 Å². The topological polar surface area (TPSA) is 64.7 Å². The fourth-order valence-electron chi connectivity index (χ4n) is 0.701. The van der Waals surface area contributed by atoms with Gasteiger partial charge in [-0.05, 0) is 6.92 Å². The average molecular weight is 223 g/mol. The summed E-state index contributed by atoms with van der Waals surface area (Å²) in [7, 11) is 1.42. The van der Waals surface area contributed by atoms with Crippen LogP contribution in [-0.2, 0) is 9.53 Å². The van der Waals surface area contributed by atoms with E-state index in [1.54, 1.807) is 6.92 Å². The monoisotopic (exact) mass is 222 g/mol. The van der Waals surface area contributed by atoms with Crippen LogP contribution in [0.5, 0.6) is 0 Å². The van der Waals surface area contributed by atoms with E-state index in [0.29, 0.717) is 0 Å². The zero-order chi connectivity index (χ0) is 11.1. The van der Waals surface area contributed by atoms with Crippen LogP contribution in [-0.4, -0.2) is 31.5 Å². The van der Waals surface area contributed by atoms with Crippen molar-refractivity contribution in [2.45, 2.75) is 12.6 Å². The lowest BCUT2D eigenvalue weighted by Crippen LogP contribution is -2.19. The van der Waals surface area contributed by atoms with E-state index in [2.05, 4.69) is 9.73 Å². The Labute approximate surface area is 86.6 Å². The van der Waals surface area contributed by atoms with Crippen molar-refractivity contribution < 1.29 is 13.9 Å². The summed E-state index contributed by atoms with van der Waals surface area (Å²) in [6, 6.07) is 0. The van der Waals surface area contributed by atoms with E-state index in [9.17, 15) is 9.18 Å². The molecule has 0 heterocycles. The number of nitrogens with two attached hydrogens (primary N) is 1. The minimum absolute atomic E-state index is 0.156. The molecular weight excluding hydrogens is 211 g/mol. The summed E-state index contributed by atoms with van der Waals surface area (Å²) < 4.78 is 17.2. The molecule has 4 nitrogen and oxygen atoms in total. The molecule has 1 atom stereocenters. The molecule has 2 N–H and O–H groups in total. The molecule has 0 aliphatic rings. The number of nitrogens with zero attached hydrogens (tertiary/aromatic N) is 1. The first-order valence-corrected chi connectivity index (χ1v) is 4.35. The van der Waals surface area contributed by atoms with Crippen LogP contribution in [0.15, 0.2) is 16.3 Å². The predicted molar refractivity (Wildman–Crippen MR) is 53.0 cm³/mol. The summed E-state index contributed by atoms with van der Waals surface area (Å²) in [4.78, 5) is 14.8. The quantitative estimate of drug-likeness (QED) is 0.334. The molecule has 0 radical (unpaired) electrons. The van der Waals surface area contributed by atoms with Gasteiger partial charge in [0.05, 0.1) is 12.3 Å². The van der Waals surface area contributed by atoms with E-state index in [1.807, 2.05) is 0 Å². The van der Waals surface area contributed by atoms with E-state index in [4.69, 9.17) is 17.3 Å². The van der Waals surface area contributed by atoms with E-state index in [-0.39, 0.29) is 12.2 Å². The number of alkyl halides is 2. The van der Waals surface area contributed by atoms with Gasteiger partial charge in [-0.1, -0.05) is 11.6 Å². The number of carbonyl (C=O) groups excluding carboxylic acids is 1. The Morgan fingerprint density at radius 1 is 1.79 bits per heavy atom. The van der Waals surface area contributed by atoms with Crippen molar-refractivity contribution in [1.29, 1.82) is 0 Å². The highest BCUT2D eigenvalue weighted by atomic mass is 35.5. The van der Waals surface area contributed by atoms with Crippen molar-refractivity contribution >= 4 is 23.8 Å². The number of allylic oxidation sites excluding steroid dienone is 1. The smallest absolute Gasteiger partial charge is 0.341 e. The van der Waals surface area contributed by atoms with Crippen molar-refractivity contribution in [2.75, 3.05) is 13.7 Å². The molecule has 6 heteroatoms. The first kappa shape index (κ1) is 12.9. The Morgan fingerprint density at radius 3 is 2.71 bits per heavy atom. The molecule has 0 amide bonds. The zero-order valence-corrected chi connectivity index (χ0v) is 8.71. The van der Waals surface area contributed by atoms with Crippen molar-refractivity contribution in [3.8, 4) is 0 Å². The van der Waals surface area contributed by atoms with Gasteiger partial charge in [0.25, 0.3) is 0 Å². The Balaban J connectivity index is 4.93. The van der Waals surface area contributed by atoms with Gasteiger partial charge in [-0.15, -0.1) is 0 Å². The number of hydrogen-bond acceptors (Lipinski definition) is 4. The number of ether oxygens (including phenoxy) is 1. The summed E-state index contributed by atoms with van der Waals surface area (Å²) in [6.45, 7) is 1.80. The molecule has 0 aromatic carbocycles. The molecule has 0 spiro atoms. The predicted octanol–water partition coefficient (Wildman–Crippen LogP) is 0.997. The highest BCUT2D eigenvalue weighted by Gasteiger charge is 2.17. The number of rotatable bonds is 4. The molecule has 0 aliphatic heterocycles. The second-order valence-electron chi connectivity index (χ2n) is 2.28. The van der Waals surface area contributed by atoms with Gasteiger partial charge < -0.3 is 10.5 Å². The molecule has 0 fully saturated rings. The van der Waals surface area contributed by atoms with Gasteiger partial charge in [0.2, 0.25) is 5.63 Å². The Morgan fingerprint density at radius 2 is 2.36 bits per heavy atom. The Kier molecular flexibility index (Phi) is 5.87. The second kappa shape index (κ2) is 6.37. The fourth-order valence-corrected chi connectivity index (χ4v) is 0.818. The third-order valence-electron chi connectivity index (χ3n) is 1.30. The first-order valence-electron chi connectivity index (χ1n) is 3.91. The van der Waals surface area contributed by atoms with E-state index in [0.717, 1.165) is 6.21 Å². The molecule has 0 aromatic heterocycles. The molecule has 0 saturated carbocycles. The molecule has 0 rings (SSSR count). The fraction of sp³-hybridized carbons (Fsp3) is 0.500. The molecule has 80 valence electrons. The number of hydrogen-bond donors (Lipinski definition) is 1. The molecule has 0 saturated heterocycles. The largest absolute Gasteiger partial charge is 0.462 e. The maximum atomic E-state index is 12.6. The Bertz CT molecular complexity index is 264. The maximum absolute atomic E-state index is 12.6. The summed E-state index contributed by atoms with van der Waals surface area (Å²) in [5.74, 6) is -0.737. The van der Waals surface area contributed by atoms with Gasteiger partial charge >= 0.3 is 5.97 Å². The maximum Gasteiger partial charge on any atom is 0.341 e. The van der Waals surface area contributed by atoms with Crippen LogP contribution in [0.3, 0.4) is 0 Å². The van der Waals surface area contributed by atoms with Crippen LogP contribution >= 0.6 is 11.6 Å². The summed E-state index contributed by atoms with van der Waals surface area (Å²) in [5, 5.41) is 0. The molecule has 0 aliphatic carbocycles. The third kappa shape index (κ3) is 3.74. The van der Waals surface area contributed by atoms with Crippen molar-refractivity contribution in [3.05, 3.63) is 11.3 Å². The van der Waals surface area contributed by atoms with Gasteiger partial charge in [0.15, 0.2) is 0 Å². The van der Waals surface area contributed by atoms with E-state index < -0.39 is 17.3 Å². The van der Waals surface area contributed by atoms with Crippen LogP contribution in [0, 0.1) is 0 Å². The highest BCUT2D eigenvalue weighted by Crippen LogP contribution is 2.11. The SMILES string of the molecule is CCOC(=O)C(C=NC)=C(N)C(F)Cl. The normalized spacial score (nSPS) is 15.1. The second-order valence-corrected chi connectivity index (χ2v) is 2.66. The molecule has 14 heavy (non-hydrogen) atoms. The third-order valence-corrected chi connectivity index (χ3v) is 1.53. The molecule has 1 unspecified atom stereocenters. The summed E-state index contributed by atoms with van der Waals surface area (Å²) >= 11 is 5.08. The summed E-state index contributed by atoms with van der Waals surface area (Å²) in [5.41, 5.74) is 2.79. The van der Waals surface area contributed by atoms with Crippen molar-refractivity contribution in [2.24, 2.45) is 10.7 Å². The first-order chi connectivity index (χ1) is 6.54. The van der Waals surface area contributed by atoms with E-state index in [1.165, 1.54) is 7.05 Å². The van der Waals surface area contributed by atoms with Gasteiger partial charge in [-0.25, -0.2) is 9.18 Å². The van der Waals surface area contributed by atoms with Crippen LogP contribution in [0.1, 0.15) is 6.92 Å². The number of carbonyl (C=O) groups is 1. The Hall–Kier alpha value is -1.10. The van der Waals surface area contributed by atoms with Crippen LogP contribution in [0.2, 0.25) is 0 Å². The summed E-state index contributed by atoms with van der Waals surface area (Å²) in [6.07, 6.45) is 1.11. The number of esters is 1. The standard InChI is InChI=1S/C8H12ClFN2O2/c1-3-14-8(13)5(4-12-2)6(11)7(9)10/h4,7H,3,11H2,1-2H3. The molecule has 0 aromatic rings. The van der Waals surface area contributed by atoms with Crippen molar-refractivity contribution in [3.63, 3.8) is 0 Å². The number of halogens is 2. The lowest BCUT2D eigenvalue weighted by atomic mass is 10.2. The van der Waals surface area contributed by atoms with Crippen LogP contribution < -0.4 is 5.73 Å². The molecule has 0 bridgehead atoms. The lowest BCUT2D eigenvalue weighted by Gasteiger charge is -2.06. The number of aliphatic imine (C=N–C) groups is 1. The average Bonchev–Trinajstić information content (AvgIpc) is 2.13. The van der Waals surface area contributed by atoms with Gasteiger partial charge in [0, 0.05) is 13.3 Å². The van der Waals surface area contributed by atoms with Gasteiger partial charge in [-0.3, -0.25) is 4.99 Å². The molecular formula is C8H12ClFN2O2. The van der Waals surface area contributed by atoms with Gasteiger partial charge in [-0.2, -0.15) is 0 Å². The van der Waals surface area contributed by atoms with Crippen molar-refractivity contribution in [1.82, 2.24) is 0 Å².